The molecule has 1 fully saturated rings. The average molecular weight is 453 g/mol. The van der Waals surface area contributed by atoms with Crippen LogP contribution in [-0.2, 0) is 11.0 Å². The number of halogens is 6. The molecule has 0 spiro atoms. The molecule has 31 heavy (non-hydrogen) atoms. The second-order valence-corrected chi connectivity index (χ2v) is 6.70. The van der Waals surface area contributed by atoms with Crippen LogP contribution < -0.4 is 5.73 Å². The lowest BCUT2D eigenvalue weighted by atomic mass is 9.86. The van der Waals surface area contributed by atoms with E-state index in [1.807, 2.05) is 0 Å². The maximum absolute atomic E-state index is 12.8. The number of carboxylic acids is 1. The smallest absolute Gasteiger partial charge is 0.475 e. The van der Waals surface area contributed by atoms with Crippen molar-refractivity contribution in [3.05, 3.63) is 41.7 Å². The maximum Gasteiger partial charge on any atom is 0.490 e. The van der Waals surface area contributed by atoms with Crippen LogP contribution in [-0.4, -0.2) is 62.2 Å². The van der Waals surface area contributed by atoms with Crippen molar-refractivity contribution >= 4 is 11.9 Å². The van der Waals surface area contributed by atoms with Gasteiger partial charge >= 0.3 is 18.3 Å². The summed E-state index contributed by atoms with van der Waals surface area (Å²) in [5.41, 5.74) is 5.19. The zero-order chi connectivity index (χ0) is 23.6. The lowest BCUT2D eigenvalue weighted by molar-refractivity contribution is -0.192. The summed E-state index contributed by atoms with van der Waals surface area (Å²) in [7, 11) is 1.65. The number of hydrogen-bond donors (Lipinski definition) is 2. The number of rotatable bonds is 3. The van der Waals surface area contributed by atoms with Crippen molar-refractivity contribution in [2.45, 2.75) is 37.3 Å². The van der Waals surface area contributed by atoms with Crippen LogP contribution in [0.4, 0.5) is 26.3 Å². The number of aliphatic carboxylic acids is 1. The number of carboxylic acid groups (broad SMARTS) is 1. The highest BCUT2D eigenvalue weighted by Gasteiger charge is 2.38. The summed E-state index contributed by atoms with van der Waals surface area (Å²) in [6, 6.07) is 4.84. The molecule has 1 heterocycles. The molecule has 0 saturated heterocycles. The number of amides is 1. The summed E-state index contributed by atoms with van der Waals surface area (Å²) in [6.45, 7) is 0. The first-order valence-electron chi connectivity index (χ1n) is 8.63. The molecular formula is C17H17F6N5O3. The van der Waals surface area contributed by atoms with Crippen LogP contribution in [0.3, 0.4) is 0 Å². The third-order valence-corrected chi connectivity index (χ3v) is 4.41. The number of carbonyl (C=O) groups excluding carboxylic acids is 1. The monoisotopic (exact) mass is 453 g/mol. The van der Waals surface area contributed by atoms with Gasteiger partial charge in [0.2, 0.25) is 0 Å². The standard InChI is InChI=1S/C15H16F3N5O.C2HF3O2/c1-22(12-6-10(19)7-12)14(24)13-8-23(21-20-13)11-4-2-3-9(5-11)15(16,17)18;3-2(4,5)1(6)7/h2-5,8,10,12H,6-7,19H2,1H3;(H,6,7). The first-order chi connectivity index (χ1) is 14.2. The van der Waals surface area contributed by atoms with E-state index in [9.17, 15) is 31.1 Å². The molecule has 1 aromatic heterocycles. The van der Waals surface area contributed by atoms with Crippen molar-refractivity contribution in [3.63, 3.8) is 0 Å². The van der Waals surface area contributed by atoms with Gasteiger partial charge in [-0.2, -0.15) is 26.3 Å². The van der Waals surface area contributed by atoms with Crippen molar-refractivity contribution in [1.29, 1.82) is 0 Å². The Hall–Kier alpha value is -3.16. The van der Waals surface area contributed by atoms with E-state index in [4.69, 9.17) is 15.6 Å². The highest BCUT2D eigenvalue weighted by Crippen LogP contribution is 2.30. The molecule has 2 aromatic rings. The Balaban J connectivity index is 0.000000423. The molecule has 8 nitrogen and oxygen atoms in total. The van der Waals surface area contributed by atoms with Crippen LogP contribution >= 0.6 is 0 Å². The van der Waals surface area contributed by atoms with Gasteiger partial charge in [-0.15, -0.1) is 5.10 Å². The van der Waals surface area contributed by atoms with Crippen molar-refractivity contribution in [1.82, 2.24) is 19.9 Å². The molecule has 1 aliphatic carbocycles. The van der Waals surface area contributed by atoms with Crippen LogP contribution in [0, 0.1) is 0 Å². The molecule has 14 heteroatoms. The average Bonchev–Trinajstić information content (AvgIpc) is 3.13. The molecule has 0 atom stereocenters. The molecule has 0 aliphatic heterocycles. The third kappa shape index (κ3) is 6.16. The van der Waals surface area contributed by atoms with E-state index in [0.717, 1.165) is 29.7 Å². The fraction of sp³-hybridized carbons (Fsp3) is 0.412. The fourth-order valence-electron chi connectivity index (χ4n) is 2.61. The predicted molar refractivity (Wildman–Crippen MR) is 93.1 cm³/mol. The topological polar surface area (TPSA) is 114 Å². The van der Waals surface area contributed by atoms with Crippen molar-refractivity contribution in [3.8, 4) is 5.69 Å². The Morgan fingerprint density at radius 3 is 2.26 bits per heavy atom. The van der Waals surface area contributed by atoms with Crippen molar-refractivity contribution in [2.75, 3.05) is 7.05 Å². The molecule has 1 aliphatic rings. The minimum Gasteiger partial charge on any atom is -0.475 e. The molecule has 3 rings (SSSR count). The lowest BCUT2D eigenvalue weighted by Gasteiger charge is -2.38. The van der Waals surface area contributed by atoms with E-state index in [1.165, 1.54) is 18.3 Å². The fourth-order valence-corrected chi connectivity index (χ4v) is 2.61. The normalized spacial score (nSPS) is 18.5. The van der Waals surface area contributed by atoms with Gasteiger partial charge in [0.1, 0.15) is 0 Å². The Bertz CT molecular complexity index is 937. The number of nitrogens with two attached hydrogens (primary N) is 1. The highest BCUT2D eigenvalue weighted by atomic mass is 19.4. The van der Waals surface area contributed by atoms with E-state index in [0.29, 0.717) is 0 Å². The van der Waals surface area contributed by atoms with E-state index in [1.54, 1.807) is 11.9 Å². The first-order valence-corrected chi connectivity index (χ1v) is 8.63. The van der Waals surface area contributed by atoms with Crippen LogP contribution in [0.15, 0.2) is 30.5 Å². The Kier molecular flexibility index (Phi) is 6.93. The predicted octanol–water partition coefficient (Wildman–Crippen LogP) is 2.48. The highest BCUT2D eigenvalue weighted by molar-refractivity contribution is 5.92. The molecule has 1 aromatic carbocycles. The molecule has 0 unspecified atom stereocenters. The molecule has 1 amide bonds. The molecule has 0 bridgehead atoms. The quantitative estimate of drug-likeness (QED) is 0.691. The van der Waals surface area contributed by atoms with E-state index < -0.39 is 23.9 Å². The first kappa shape index (κ1) is 24.1. The van der Waals surface area contributed by atoms with Crippen LogP contribution in [0.1, 0.15) is 28.9 Å². The summed E-state index contributed by atoms with van der Waals surface area (Å²) in [5.74, 6) is -3.09. The molecular weight excluding hydrogens is 436 g/mol. The lowest BCUT2D eigenvalue weighted by Crippen LogP contribution is -2.51. The van der Waals surface area contributed by atoms with Crippen molar-refractivity contribution in [2.24, 2.45) is 5.73 Å². The SMILES string of the molecule is CN(C(=O)c1cn(-c2cccc(C(F)(F)F)c2)nn1)C1CC(N)C1.O=C(O)C(F)(F)F. The van der Waals surface area contributed by atoms with Gasteiger partial charge in [-0.05, 0) is 31.0 Å². The summed E-state index contributed by atoms with van der Waals surface area (Å²) in [6.07, 6.45) is -6.75. The van der Waals surface area contributed by atoms with Gasteiger partial charge in [-0.1, -0.05) is 11.3 Å². The third-order valence-electron chi connectivity index (χ3n) is 4.41. The van der Waals surface area contributed by atoms with Crippen LogP contribution in [0.25, 0.3) is 5.69 Å². The Labute approximate surface area is 171 Å². The van der Waals surface area contributed by atoms with Gasteiger partial charge in [0.15, 0.2) is 5.69 Å². The largest absolute Gasteiger partial charge is 0.490 e. The van der Waals surface area contributed by atoms with Crippen LogP contribution in [0.2, 0.25) is 0 Å². The molecule has 3 N–H and O–H groups in total. The zero-order valence-electron chi connectivity index (χ0n) is 15.9. The van der Waals surface area contributed by atoms with Gasteiger partial charge in [0.25, 0.3) is 5.91 Å². The summed E-state index contributed by atoms with van der Waals surface area (Å²) in [5, 5.41) is 14.7. The van der Waals surface area contributed by atoms with Crippen molar-refractivity contribution < 1.29 is 41.0 Å². The van der Waals surface area contributed by atoms with Gasteiger partial charge < -0.3 is 15.7 Å². The minimum atomic E-state index is -5.08. The van der Waals surface area contributed by atoms with Gasteiger partial charge in [-0.3, -0.25) is 4.79 Å². The Morgan fingerprint density at radius 2 is 1.77 bits per heavy atom. The van der Waals surface area contributed by atoms with Crippen LogP contribution in [0.5, 0.6) is 0 Å². The number of alkyl halides is 6. The minimum absolute atomic E-state index is 0.0613. The molecule has 170 valence electrons. The number of benzene rings is 1. The molecule has 1 saturated carbocycles. The second kappa shape index (κ2) is 8.91. The number of aromatic nitrogens is 3. The van der Waals surface area contributed by atoms with E-state index in [-0.39, 0.29) is 29.4 Å². The van der Waals surface area contributed by atoms with E-state index >= 15 is 0 Å². The van der Waals surface area contributed by atoms with E-state index in [2.05, 4.69) is 10.3 Å². The Morgan fingerprint density at radius 1 is 1.19 bits per heavy atom. The second-order valence-electron chi connectivity index (χ2n) is 6.70. The summed E-state index contributed by atoms with van der Waals surface area (Å²) >= 11 is 0. The summed E-state index contributed by atoms with van der Waals surface area (Å²) < 4.78 is 71.2. The van der Waals surface area contributed by atoms with Gasteiger partial charge in [-0.25, -0.2) is 9.48 Å². The maximum atomic E-state index is 12.8. The zero-order valence-corrected chi connectivity index (χ0v) is 15.9. The number of carbonyl (C=O) groups is 2. The van der Waals surface area contributed by atoms with Gasteiger partial charge in [0.05, 0.1) is 17.4 Å². The summed E-state index contributed by atoms with van der Waals surface area (Å²) in [4.78, 5) is 22.8. The molecule has 0 radical (unpaired) electrons. The van der Waals surface area contributed by atoms with Gasteiger partial charge in [0, 0.05) is 19.1 Å². The number of nitrogens with zero attached hydrogens (tertiary/aromatic N) is 4. The number of hydrogen-bond acceptors (Lipinski definition) is 5.